The van der Waals surface area contributed by atoms with E-state index in [2.05, 4.69) is 9.47 Å². The van der Waals surface area contributed by atoms with Gasteiger partial charge in [-0.3, -0.25) is 4.79 Å². The molecule has 2 atom stereocenters. The SMILES string of the molecule is O=C(O)[C@H]1Cc2cc(OC(F)(F)F)ccc2O[C@H]1C(F)(F)F. The fourth-order valence-electron chi connectivity index (χ4n) is 2.10. The minimum Gasteiger partial charge on any atom is -0.481 e. The van der Waals surface area contributed by atoms with Crippen LogP contribution in [0.25, 0.3) is 0 Å². The first-order valence-corrected chi connectivity index (χ1v) is 5.82. The first-order chi connectivity index (χ1) is 9.97. The summed E-state index contributed by atoms with van der Waals surface area (Å²) in [6, 6.07) is 2.49. The van der Waals surface area contributed by atoms with Crippen LogP contribution in [0.1, 0.15) is 5.56 Å². The summed E-state index contributed by atoms with van der Waals surface area (Å²) >= 11 is 0. The third-order valence-corrected chi connectivity index (χ3v) is 2.96. The minimum atomic E-state index is -4.97. The van der Waals surface area contributed by atoms with Gasteiger partial charge in [-0.1, -0.05) is 0 Å². The van der Waals surface area contributed by atoms with Gasteiger partial charge in [0.1, 0.15) is 17.4 Å². The van der Waals surface area contributed by atoms with Crippen LogP contribution in [0.2, 0.25) is 0 Å². The molecule has 1 aromatic rings. The summed E-state index contributed by atoms with van der Waals surface area (Å²) in [7, 11) is 0. The van der Waals surface area contributed by atoms with Crippen LogP contribution in [-0.4, -0.2) is 29.7 Å². The highest BCUT2D eigenvalue weighted by molar-refractivity contribution is 5.72. The summed E-state index contributed by atoms with van der Waals surface area (Å²) in [5.41, 5.74) is -0.102. The second-order valence-corrected chi connectivity index (χ2v) is 4.55. The van der Waals surface area contributed by atoms with E-state index in [-0.39, 0.29) is 11.3 Å². The van der Waals surface area contributed by atoms with Crippen molar-refractivity contribution >= 4 is 5.97 Å². The molecular weight excluding hydrogens is 322 g/mol. The van der Waals surface area contributed by atoms with E-state index in [1.54, 1.807) is 0 Å². The quantitative estimate of drug-likeness (QED) is 0.847. The zero-order valence-corrected chi connectivity index (χ0v) is 10.5. The van der Waals surface area contributed by atoms with E-state index in [0.29, 0.717) is 0 Å². The molecule has 0 saturated carbocycles. The van der Waals surface area contributed by atoms with Crippen molar-refractivity contribution in [2.75, 3.05) is 0 Å². The lowest BCUT2D eigenvalue weighted by atomic mass is 9.90. The van der Waals surface area contributed by atoms with Crippen LogP contribution in [0, 0.1) is 5.92 Å². The van der Waals surface area contributed by atoms with Crippen LogP contribution >= 0.6 is 0 Å². The Balaban J connectivity index is 2.33. The Kier molecular flexibility index (Phi) is 3.88. The summed E-state index contributed by atoms with van der Waals surface area (Å²) in [4.78, 5) is 10.9. The van der Waals surface area contributed by atoms with Crippen molar-refractivity contribution in [2.24, 2.45) is 5.92 Å². The van der Waals surface area contributed by atoms with Crippen LogP contribution in [0.15, 0.2) is 18.2 Å². The van der Waals surface area contributed by atoms with E-state index in [0.717, 1.165) is 18.2 Å². The highest BCUT2D eigenvalue weighted by atomic mass is 19.4. The van der Waals surface area contributed by atoms with Gasteiger partial charge in [-0.05, 0) is 30.2 Å². The summed E-state index contributed by atoms with van der Waals surface area (Å²) < 4.78 is 82.9. The molecule has 0 amide bonds. The molecule has 2 rings (SSSR count). The van der Waals surface area contributed by atoms with Gasteiger partial charge in [0.2, 0.25) is 6.10 Å². The van der Waals surface area contributed by atoms with Crippen LogP contribution in [-0.2, 0) is 11.2 Å². The van der Waals surface area contributed by atoms with E-state index < -0.39 is 42.7 Å². The minimum absolute atomic E-state index is 0.102. The van der Waals surface area contributed by atoms with Crippen molar-refractivity contribution in [3.05, 3.63) is 23.8 Å². The molecule has 1 aliphatic heterocycles. The van der Waals surface area contributed by atoms with Gasteiger partial charge < -0.3 is 14.6 Å². The number of benzene rings is 1. The standard InChI is InChI=1S/C12H8F6O4/c13-11(14,15)9-7(10(19)20)4-5-3-6(22-12(16,17)18)1-2-8(5)21-9/h1-3,7,9H,4H2,(H,19,20)/t7-,9+/m0/s1. The van der Waals surface area contributed by atoms with Gasteiger partial charge in [-0.2, -0.15) is 13.2 Å². The lowest BCUT2D eigenvalue weighted by Gasteiger charge is -2.32. The molecule has 1 N–H and O–H groups in total. The second-order valence-electron chi connectivity index (χ2n) is 4.55. The Morgan fingerprint density at radius 2 is 1.86 bits per heavy atom. The predicted octanol–water partition coefficient (Wildman–Crippen LogP) is 3.15. The van der Waals surface area contributed by atoms with E-state index in [1.807, 2.05) is 0 Å². The fraction of sp³-hybridized carbons (Fsp3) is 0.417. The zero-order valence-electron chi connectivity index (χ0n) is 10.5. The number of halogens is 6. The highest BCUT2D eigenvalue weighted by Gasteiger charge is 2.52. The van der Waals surface area contributed by atoms with Crippen LogP contribution in [0.4, 0.5) is 26.3 Å². The summed E-state index contributed by atoms with van der Waals surface area (Å²) in [6.07, 6.45) is -13.1. The lowest BCUT2D eigenvalue weighted by Crippen LogP contribution is -2.47. The molecule has 1 aromatic carbocycles. The molecule has 4 nitrogen and oxygen atoms in total. The average Bonchev–Trinajstić information content (AvgIpc) is 2.33. The summed E-state index contributed by atoms with van der Waals surface area (Å²) in [5, 5.41) is 8.86. The Hall–Kier alpha value is -2.13. The molecule has 1 heterocycles. The van der Waals surface area contributed by atoms with Crippen molar-refractivity contribution < 1.29 is 45.7 Å². The Morgan fingerprint density at radius 3 is 2.36 bits per heavy atom. The van der Waals surface area contributed by atoms with E-state index in [4.69, 9.17) is 5.11 Å². The maximum absolute atomic E-state index is 12.8. The zero-order chi connectivity index (χ0) is 16.7. The molecular formula is C12H8F6O4. The molecule has 0 spiro atoms. The van der Waals surface area contributed by atoms with Crippen molar-refractivity contribution in [2.45, 2.75) is 25.1 Å². The lowest BCUT2D eigenvalue weighted by molar-refractivity contribution is -0.274. The van der Waals surface area contributed by atoms with Crippen LogP contribution < -0.4 is 9.47 Å². The van der Waals surface area contributed by atoms with Crippen LogP contribution in [0.3, 0.4) is 0 Å². The predicted molar refractivity (Wildman–Crippen MR) is 58.4 cm³/mol. The number of carboxylic acid groups (broad SMARTS) is 1. The number of fused-ring (bicyclic) bond motifs is 1. The molecule has 122 valence electrons. The topological polar surface area (TPSA) is 55.8 Å². The second kappa shape index (κ2) is 5.25. The number of carbonyl (C=O) groups is 1. The fourth-order valence-corrected chi connectivity index (χ4v) is 2.10. The number of rotatable bonds is 2. The van der Waals surface area contributed by atoms with Crippen molar-refractivity contribution in [3.63, 3.8) is 0 Å². The number of hydrogen-bond donors (Lipinski definition) is 1. The van der Waals surface area contributed by atoms with Crippen molar-refractivity contribution in [1.29, 1.82) is 0 Å². The average molecular weight is 330 g/mol. The van der Waals surface area contributed by atoms with Gasteiger partial charge in [0.25, 0.3) is 0 Å². The third kappa shape index (κ3) is 3.55. The molecule has 0 aliphatic carbocycles. The summed E-state index contributed by atoms with van der Waals surface area (Å²) in [5.74, 6) is -4.69. The van der Waals surface area contributed by atoms with Gasteiger partial charge in [0, 0.05) is 0 Å². The molecule has 22 heavy (non-hydrogen) atoms. The van der Waals surface area contributed by atoms with E-state index >= 15 is 0 Å². The first-order valence-electron chi connectivity index (χ1n) is 5.82. The van der Waals surface area contributed by atoms with Crippen molar-refractivity contribution in [1.82, 2.24) is 0 Å². The Labute approximate surface area is 119 Å². The van der Waals surface area contributed by atoms with Gasteiger partial charge in [0.05, 0.1) is 0 Å². The Morgan fingerprint density at radius 1 is 1.23 bits per heavy atom. The summed E-state index contributed by atoms with van der Waals surface area (Å²) in [6.45, 7) is 0. The maximum atomic E-state index is 12.8. The van der Waals surface area contributed by atoms with Gasteiger partial charge >= 0.3 is 18.5 Å². The molecule has 10 heteroatoms. The maximum Gasteiger partial charge on any atom is 0.573 e. The monoisotopic (exact) mass is 330 g/mol. The normalized spacial score (nSPS) is 21.7. The van der Waals surface area contributed by atoms with Gasteiger partial charge in [-0.25, -0.2) is 0 Å². The number of ether oxygens (including phenoxy) is 2. The highest BCUT2D eigenvalue weighted by Crippen LogP contribution is 2.40. The largest absolute Gasteiger partial charge is 0.573 e. The third-order valence-electron chi connectivity index (χ3n) is 2.96. The first kappa shape index (κ1) is 16.2. The molecule has 0 radical (unpaired) electrons. The number of hydrogen-bond acceptors (Lipinski definition) is 3. The molecule has 0 fully saturated rings. The number of aliphatic carboxylic acids is 1. The molecule has 0 bridgehead atoms. The van der Waals surface area contributed by atoms with Gasteiger partial charge in [-0.15, -0.1) is 13.2 Å². The molecule has 0 unspecified atom stereocenters. The van der Waals surface area contributed by atoms with E-state index in [1.165, 1.54) is 0 Å². The number of carboxylic acids is 1. The van der Waals surface area contributed by atoms with Crippen LogP contribution in [0.5, 0.6) is 11.5 Å². The van der Waals surface area contributed by atoms with Gasteiger partial charge in [0.15, 0.2) is 0 Å². The molecule has 0 aromatic heterocycles. The smallest absolute Gasteiger partial charge is 0.481 e. The molecule has 1 aliphatic rings. The Bertz CT molecular complexity index is 580. The number of alkyl halides is 6. The van der Waals surface area contributed by atoms with E-state index in [9.17, 15) is 31.1 Å². The van der Waals surface area contributed by atoms with Crippen molar-refractivity contribution in [3.8, 4) is 11.5 Å². The molecule has 0 saturated heterocycles.